The van der Waals surface area contributed by atoms with Crippen LogP contribution < -0.4 is 4.90 Å². The van der Waals surface area contributed by atoms with Gasteiger partial charge in [-0.25, -0.2) is 0 Å². The number of hydrogen-bond acceptors (Lipinski definition) is 3. The molecule has 5 atom stereocenters. The van der Waals surface area contributed by atoms with Crippen molar-refractivity contribution in [2.75, 3.05) is 4.90 Å². The highest BCUT2D eigenvalue weighted by atomic mass is 32.1. The van der Waals surface area contributed by atoms with Gasteiger partial charge in [0.15, 0.2) is 0 Å². The Hall–Kier alpha value is -1.50. The minimum absolute atomic E-state index is 0.0133. The number of halogens is 3. The highest BCUT2D eigenvalue weighted by molar-refractivity contribution is 7.81. The van der Waals surface area contributed by atoms with Crippen LogP contribution in [0.15, 0.2) is 24.3 Å². The lowest BCUT2D eigenvalue weighted by molar-refractivity contribution is -0.137. The molecule has 3 nitrogen and oxygen atoms in total. The van der Waals surface area contributed by atoms with Crippen LogP contribution in [0.2, 0.25) is 0 Å². The summed E-state index contributed by atoms with van der Waals surface area (Å²) in [6.07, 6.45) is -2.89. The van der Waals surface area contributed by atoms with E-state index < -0.39 is 17.7 Å². The molecule has 0 aromatic heterocycles. The summed E-state index contributed by atoms with van der Waals surface area (Å²) in [6, 6.07) is 4.41. The van der Waals surface area contributed by atoms with Crippen molar-refractivity contribution in [2.24, 2.45) is 23.7 Å². The van der Waals surface area contributed by atoms with Crippen LogP contribution in [0.3, 0.4) is 0 Å². The van der Waals surface area contributed by atoms with E-state index in [4.69, 9.17) is 0 Å². The monoisotopic (exact) mass is 341 g/mol. The third kappa shape index (κ3) is 2.05. The third-order valence-corrected chi connectivity index (χ3v) is 6.01. The molecule has 0 radical (unpaired) electrons. The molecule has 7 heteroatoms. The van der Waals surface area contributed by atoms with Crippen molar-refractivity contribution >= 4 is 30.1 Å². The molecule has 3 aliphatic rings. The Morgan fingerprint density at radius 2 is 1.78 bits per heavy atom. The SMILES string of the molecule is O=C1C2C3CC(S)C(C3)C2C(=O)N1c1cccc(C(F)(F)F)c1. The summed E-state index contributed by atoms with van der Waals surface area (Å²) >= 11 is 4.49. The maximum Gasteiger partial charge on any atom is 0.416 e. The molecule has 2 amide bonds. The Morgan fingerprint density at radius 1 is 1.09 bits per heavy atom. The standard InChI is InChI=1S/C16H14F3NO2S/c17-16(18,19)8-2-1-3-9(6-8)20-14(21)12-7-4-10(11(23)5-7)13(12)15(20)22/h1-3,6-7,10-13,23H,4-5H2. The summed E-state index contributed by atoms with van der Waals surface area (Å²) in [5, 5.41) is 0.0967. The molecule has 1 aromatic rings. The Morgan fingerprint density at radius 3 is 2.48 bits per heavy atom. The number of amides is 2. The lowest BCUT2D eigenvalue weighted by Gasteiger charge is -2.24. The Labute approximate surface area is 136 Å². The summed E-state index contributed by atoms with van der Waals surface area (Å²) in [5.74, 6) is -1.35. The van der Waals surface area contributed by atoms with Crippen LogP contribution in [0.4, 0.5) is 18.9 Å². The minimum Gasteiger partial charge on any atom is -0.274 e. The first-order valence-electron chi connectivity index (χ1n) is 7.52. The molecule has 1 saturated heterocycles. The molecule has 2 saturated carbocycles. The topological polar surface area (TPSA) is 37.4 Å². The second-order valence-electron chi connectivity index (χ2n) is 6.57. The summed E-state index contributed by atoms with van der Waals surface area (Å²) in [4.78, 5) is 26.3. The number of rotatable bonds is 1. The fourth-order valence-electron chi connectivity index (χ4n) is 4.50. The molecular formula is C16H14F3NO2S. The Bertz CT molecular complexity index is 705. The number of nitrogens with zero attached hydrogens (tertiary/aromatic N) is 1. The second kappa shape index (κ2) is 4.75. The number of hydrogen-bond donors (Lipinski definition) is 1. The van der Waals surface area contributed by atoms with Gasteiger partial charge < -0.3 is 0 Å². The van der Waals surface area contributed by atoms with Gasteiger partial charge in [0.25, 0.3) is 0 Å². The van der Waals surface area contributed by atoms with Gasteiger partial charge in [-0.15, -0.1) is 0 Å². The van der Waals surface area contributed by atoms with Crippen molar-refractivity contribution in [3.63, 3.8) is 0 Å². The number of anilines is 1. The zero-order valence-corrected chi connectivity index (χ0v) is 12.8. The van der Waals surface area contributed by atoms with E-state index in [-0.39, 0.29) is 40.5 Å². The van der Waals surface area contributed by atoms with Crippen LogP contribution in [-0.2, 0) is 15.8 Å². The Kier molecular flexibility index (Phi) is 3.11. The first-order valence-corrected chi connectivity index (χ1v) is 8.04. The maximum atomic E-state index is 12.9. The number of fused-ring (bicyclic) bond motifs is 5. The van der Waals surface area contributed by atoms with E-state index in [0.717, 1.165) is 29.9 Å². The molecule has 4 rings (SSSR count). The number of alkyl halides is 3. The predicted molar refractivity (Wildman–Crippen MR) is 79.9 cm³/mol. The van der Waals surface area contributed by atoms with Crippen molar-refractivity contribution in [1.82, 2.24) is 0 Å². The molecule has 122 valence electrons. The smallest absolute Gasteiger partial charge is 0.274 e. The molecule has 1 aromatic carbocycles. The van der Waals surface area contributed by atoms with E-state index in [1.54, 1.807) is 0 Å². The maximum absolute atomic E-state index is 12.9. The summed E-state index contributed by atoms with van der Waals surface area (Å²) in [6.45, 7) is 0. The molecule has 2 aliphatic carbocycles. The third-order valence-electron chi connectivity index (χ3n) is 5.41. The van der Waals surface area contributed by atoms with E-state index in [0.29, 0.717) is 0 Å². The average Bonchev–Trinajstić information content (AvgIpc) is 3.10. The molecule has 3 fully saturated rings. The number of thiol groups is 1. The van der Waals surface area contributed by atoms with E-state index in [1.807, 2.05) is 0 Å². The van der Waals surface area contributed by atoms with Gasteiger partial charge >= 0.3 is 6.18 Å². The van der Waals surface area contributed by atoms with Gasteiger partial charge in [-0.2, -0.15) is 25.8 Å². The molecule has 1 aliphatic heterocycles. The first-order chi connectivity index (χ1) is 10.8. The predicted octanol–water partition coefficient (Wildman–Crippen LogP) is 3.15. The van der Waals surface area contributed by atoms with Crippen LogP contribution in [0.5, 0.6) is 0 Å². The number of carbonyl (C=O) groups is 2. The molecule has 1 heterocycles. The van der Waals surface area contributed by atoms with Crippen molar-refractivity contribution in [2.45, 2.75) is 24.3 Å². The lowest BCUT2D eigenvalue weighted by Crippen LogP contribution is -2.33. The van der Waals surface area contributed by atoms with E-state index in [1.165, 1.54) is 12.1 Å². The normalized spacial score (nSPS) is 36.0. The van der Waals surface area contributed by atoms with Crippen LogP contribution in [0.25, 0.3) is 0 Å². The van der Waals surface area contributed by atoms with Gasteiger partial charge in [-0.05, 0) is 42.9 Å². The van der Waals surface area contributed by atoms with Gasteiger partial charge in [-0.1, -0.05) is 6.07 Å². The highest BCUT2D eigenvalue weighted by Crippen LogP contribution is 2.58. The minimum atomic E-state index is -4.51. The quantitative estimate of drug-likeness (QED) is 0.629. The molecule has 23 heavy (non-hydrogen) atoms. The van der Waals surface area contributed by atoms with E-state index in [9.17, 15) is 22.8 Å². The van der Waals surface area contributed by atoms with Crippen molar-refractivity contribution in [3.05, 3.63) is 29.8 Å². The Balaban J connectivity index is 1.72. The van der Waals surface area contributed by atoms with Crippen molar-refractivity contribution in [3.8, 4) is 0 Å². The van der Waals surface area contributed by atoms with Gasteiger partial charge in [-0.3, -0.25) is 14.5 Å². The van der Waals surface area contributed by atoms with Gasteiger partial charge in [0.05, 0.1) is 23.1 Å². The van der Waals surface area contributed by atoms with Crippen LogP contribution in [0.1, 0.15) is 18.4 Å². The first kappa shape index (κ1) is 15.1. The van der Waals surface area contributed by atoms with E-state index >= 15 is 0 Å². The van der Waals surface area contributed by atoms with Gasteiger partial charge in [0.1, 0.15) is 0 Å². The van der Waals surface area contributed by atoms with Crippen LogP contribution in [0, 0.1) is 23.7 Å². The molecule has 0 N–H and O–H groups in total. The molecule has 0 spiro atoms. The number of benzene rings is 1. The zero-order valence-electron chi connectivity index (χ0n) is 12.0. The summed E-state index contributed by atoms with van der Waals surface area (Å²) < 4.78 is 38.6. The largest absolute Gasteiger partial charge is 0.416 e. The van der Waals surface area contributed by atoms with Gasteiger partial charge in [0, 0.05) is 5.25 Å². The second-order valence-corrected chi connectivity index (χ2v) is 7.24. The van der Waals surface area contributed by atoms with Crippen LogP contribution in [-0.4, -0.2) is 17.1 Å². The zero-order chi connectivity index (χ0) is 16.5. The molecule has 5 unspecified atom stereocenters. The average molecular weight is 341 g/mol. The van der Waals surface area contributed by atoms with Crippen LogP contribution >= 0.6 is 12.6 Å². The molecule has 2 bridgehead atoms. The van der Waals surface area contributed by atoms with E-state index in [2.05, 4.69) is 12.6 Å². The number of imide groups is 1. The van der Waals surface area contributed by atoms with Gasteiger partial charge in [0.2, 0.25) is 11.8 Å². The van der Waals surface area contributed by atoms with Crippen molar-refractivity contribution in [1.29, 1.82) is 0 Å². The number of carbonyl (C=O) groups excluding carboxylic acids is 2. The highest BCUT2D eigenvalue weighted by Gasteiger charge is 2.63. The van der Waals surface area contributed by atoms with Crippen molar-refractivity contribution < 1.29 is 22.8 Å². The fraction of sp³-hybridized carbons (Fsp3) is 0.500. The fourth-order valence-corrected chi connectivity index (χ4v) is 5.08. The summed E-state index contributed by atoms with van der Waals surface area (Å²) in [5.41, 5.74) is -0.845. The lowest BCUT2D eigenvalue weighted by atomic mass is 9.81. The molecular weight excluding hydrogens is 327 g/mol. The summed E-state index contributed by atoms with van der Waals surface area (Å²) in [7, 11) is 0.